The number of carbonyl (C=O) groups excluding carboxylic acids is 1. The number of aryl methyl sites for hydroxylation is 1. The van der Waals surface area contributed by atoms with Crippen molar-refractivity contribution < 1.29 is 14.3 Å². The van der Waals surface area contributed by atoms with E-state index in [1.54, 1.807) is 19.1 Å². The molecule has 1 amide bonds. The Labute approximate surface area is 115 Å². The second-order valence-electron chi connectivity index (χ2n) is 4.92. The molecule has 0 N–H and O–H groups in total. The maximum atomic E-state index is 11.9. The van der Waals surface area contributed by atoms with Crippen LogP contribution in [-0.4, -0.2) is 37.7 Å². The molecule has 1 aromatic carbocycles. The fourth-order valence-electron chi connectivity index (χ4n) is 1.72. The third-order valence-electron chi connectivity index (χ3n) is 2.81. The van der Waals surface area contributed by atoms with Gasteiger partial charge in [-0.15, -0.1) is 0 Å². The van der Waals surface area contributed by atoms with Gasteiger partial charge in [0, 0.05) is 19.2 Å². The Morgan fingerprint density at radius 3 is 2.63 bits per heavy atom. The normalized spacial score (nSPS) is 10.6. The molecule has 0 heterocycles. The number of benzene rings is 1. The van der Waals surface area contributed by atoms with Crippen molar-refractivity contribution in [1.82, 2.24) is 4.90 Å². The van der Waals surface area contributed by atoms with Crippen LogP contribution < -0.4 is 4.74 Å². The topological polar surface area (TPSA) is 38.8 Å². The first-order valence-corrected chi connectivity index (χ1v) is 6.43. The van der Waals surface area contributed by atoms with E-state index < -0.39 is 0 Å². The molecule has 0 aliphatic carbocycles. The Morgan fingerprint density at radius 1 is 1.37 bits per heavy atom. The highest BCUT2D eigenvalue weighted by Crippen LogP contribution is 2.21. The lowest BCUT2D eigenvalue weighted by Gasteiger charge is -2.20. The summed E-state index contributed by atoms with van der Waals surface area (Å²) in [6.45, 7) is 6.48. The van der Waals surface area contributed by atoms with Gasteiger partial charge in [-0.2, -0.15) is 0 Å². The zero-order chi connectivity index (χ0) is 14.4. The molecule has 4 nitrogen and oxygen atoms in total. The number of nitrogens with zero attached hydrogens (tertiary/aromatic N) is 1. The van der Waals surface area contributed by atoms with E-state index in [4.69, 9.17) is 9.47 Å². The van der Waals surface area contributed by atoms with E-state index in [-0.39, 0.29) is 18.6 Å². The minimum absolute atomic E-state index is 0.0303. The minimum Gasteiger partial charge on any atom is -0.496 e. The molecule has 0 unspecified atom stereocenters. The van der Waals surface area contributed by atoms with E-state index in [0.29, 0.717) is 6.54 Å². The molecule has 0 aliphatic rings. The van der Waals surface area contributed by atoms with Gasteiger partial charge in [0.2, 0.25) is 5.91 Å². The van der Waals surface area contributed by atoms with Gasteiger partial charge in [-0.05, 0) is 26.8 Å². The molecular formula is C15H23NO3. The Balaban J connectivity index is 2.68. The van der Waals surface area contributed by atoms with E-state index >= 15 is 0 Å². The third-order valence-corrected chi connectivity index (χ3v) is 2.81. The quantitative estimate of drug-likeness (QED) is 0.792. The summed E-state index contributed by atoms with van der Waals surface area (Å²) < 4.78 is 10.6. The molecule has 0 aromatic heterocycles. The van der Waals surface area contributed by atoms with Crippen LogP contribution >= 0.6 is 0 Å². The molecule has 0 fully saturated rings. The Hall–Kier alpha value is -1.55. The van der Waals surface area contributed by atoms with Gasteiger partial charge in [0.05, 0.1) is 13.2 Å². The van der Waals surface area contributed by atoms with Crippen LogP contribution in [-0.2, 0) is 16.1 Å². The van der Waals surface area contributed by atoms with Crippen molar-refractivity contribution in [2.75, 3.05) is 20.8 Å². The number of hydrogen-bond donors (Lipinski definition) is 0. The first kappa shape index (κ1) is 15.5. The van der Waals surface area contributed by atoms with Gasteiger partial charge in [0.15, 0.2) is 0 Å². The molecule has 4 heteroatoms. The van der Waals surface area contributed by atoms with Crippen molar-refractivity contribution in [2.24, 2.45) is 0 Å². The predicted molar refractivity (Wildman–Crippen MR) is 75.3 cm³/mol. The van der Waals surface area contributed by atoms with E-state index in [0.717, 1.165) is 16.9 Å². The molecule has 0 radical (unpaired) electrons. The van der Waals surface area contributed by atoms with E-state index in [1.807, 2.05) is 39.0 Å². The molecule has 1 aromatic rings. The first-order valence-electron chi connectivity index (χ1n) is 6.43. The summed E-state index contributed by atoms with van der Waals surface area (Å²) in [7, 11) is 3.41. The summed E-state index contributed by atoms with van der Waals surface area (Å²) in [5.74, 6) is 0.771. The Morgan fingerprint density at radius 2 is 2.05 bits per heavy atom. The first-order chi connectivity index (χ1) is 8.93. The van der Waals surface area contributed by atoms with Crippen LogP contribution in [0.2, 0.25) is 0 Å². The second-order valence-corrected chi connectivity index (χ2v) is 4.92. The van der Waals surface area contributed by atoms with Crippen LogP contribution in [0.1, 0.15) is 25.0 Å². The standard InChI is InChI=1S/C15H23NO3/c1-11(2)19-10-15(17)16(4)9-13-8-12(3)6-7-14(13)18-5/h6-8,11H,9-10H2,1-5H3. The van der Waals surface area contributed by atoms with E-state index in [2.05, 4.69) is 0 Å². The van der Waals surface area contributed by atoms with Crippen molar-refractivity contribution in [3.05, 3.63) is 29.3 Å². The van der Waals surface area contributed by atoms with Crippen LogP contribution in [0, 0.1) is 6.92 Å². The number of ether oxygens (including phenoxy) is 2. The maximum Gasteiger partial charge on any atom is 0.248 e. The van der Waals surface area contributed by atoms with Crippen LogP contribution in [0.25, 0.3) is 0 Å². The highest BCUT2D eigenvalue weighted by molar-refractivity contribution is 5.77. The lowest BCUT2D eigenvalue weighted by molar-refractivity contribution is -0.136. The Kier molecular flexibility index (Phi) is 5.83. The average molecular weight is 265 g/mol. The average Bonchev–Trinajstić information content (AvgIpc) is 2.36. The van der Waals surface area contributed by atoms with Crippen molar-refractivity contribution in [1.29, 1.82) is 0 Å². The fraction of sp³-hybridized carbons (Fsp3) is 0.533. The van der Waals surface area contributed by atoms with Crippen molar-refractivity contribution in [2.45, 2.75) is 33.4 Å². The summed E-state index contributed by atoms with van der Waals surface area (Å²) in [5.41, 5.74) is 2.15. The molecule has 19 heavy (non-hydrogen) atoms. The van der Waals surface area contributed by atoms with Gasteiger partial charge in [0.25, 0.3) is 0 Å². The van der Waals surface area contributed by atoms with E-state index in [9.17, 15) is 4.79 Å². The van der Waals surface area contributed by atoms with Crippen molar-refractivity contribution in [3.63, 3.8) is 0 Å². The van der Waals surface area contributed by atoms with Gasteiger partial charge in [-0.25, -0.2) is 0 Å². The maximum absolute atomic E-state index is 11.9. The molecule has 1 rings (SSSR count). The zero-order valence-electron chi connectivity index (χ0n) is 12.4. The minimum atomic E-state index is -0.0303. The van der Waals surface area contributed by atoms with Crippen molar-refractivity contribution >= 4 is 5.91 Å². The SMILES string of the molecule is COc1ccc(C)cc1CN(C)C(=O)COC(C)C. The monoisotopic (exact) mass is 265 g/mol. The molecule has 0 bridgehead atoms. The zero-order valence-corrected chi connectivity index (χ0v) is 12.4. The molecule has 0 saturated heterocycles. The summed E-state index contributed by atoms with van der Waals surface area (Å²) in [4.78, 5) is 13.5. The molecule has 106 valence electrons. The third kappa shape index (κ3) is 4.91. The molecule has 0 atom stereocenters. The largest absolute Gasteiger partial charge is 0.496 e. The number of carbonyl (C=O) groups is 1. The van der Waals surface area contributed by atoms with Gasteiger partial charge >= 0.3 is 0 Å². The van der Waals surface area contributed by atoms with Gasteiger partial charge < -0.3 is 14.4 Å². The number of rotatable bonds is 6. The number of methoxy groups -OCH3 is 1. The van der Waals surface area contributed by atoms with Crippen LogP contribution in [0.15, 0.2) is 18.2 Å². The second kappa shape index (κ2) is 7.14. The van der Waals surface area contributed by atoms with E-state index in [1.165, 1.54) is 0 Å². The van der Waals surface area contributed by atoms with Crippen LogP contribution in [0.3, 0.4) is 0 Å². The van der Waals surface area contributed by atoms with Gasteiger partial charge in [0.1, 0.15) is 12.4 Å². The lowest BCUT2D eigenvalue weighted by atomic mass is 10.1. The summed E-state index contributed by atoms with van der Waals surface area (Å²) >= 11 is 0. The highest BCUT2D eigenvalue weighted by Gasteiger charge is 2.13. The van der Waals surface area contributed by atoms with Gasteiger partial charge in [-0.1, -0.05) is 17.7 Å². The predicted octanol–water partition coefficient (Wildman–Crippen LogP) is 2.39. The molecule has 0 saturated carbocycles. The summed E-state index contributed by atoms with van der Waals surface area (Å²) in [6, 6.07) is 5.95. The van der Waals surface area contributed by atoms with Gasteiger partial charge in [-0.3, -0.25) is 4.79 Å². The molecular weight excluding hydrogens is 242 g/mol. The van der Waals surface area contributed by atoms with Crippen LogP contribution in [0.5, 0.6) is 5.75 Å². The van der Waals surface area contributed by atoms with Crippen molar-refractivity contribution in [3.8, 4) is 5.75 Å². The molecule has 0 aliphatic heterocycles. The fourth-order valence-corrected chi connectivity index (χ4v) is 1.72. The number of likely N-dealkylation sites (N-methyl/N-ethyl adjacent to an activating group) is 1. The lowest BCUT2D eigenvalue weighted by Crippen LogP contribution is -2.31. The number of hydrogen-bond acceptors (Lipinski definition) is 3. The summed E-state index contributed by atoms with van der Waals surface area (Å²) in [5, 5.41) is 0. The smallest absolute Gasteiger partial charge is 0.248 e. The number of amides is 1. The van der Waals surface area contributed by atoms with Crippen LogP contribution in [0.4, 0.5) is 0 Å². The Bertz CT molecular complexity index is 429. The highest BCUT2D eigenvalue weighted by atomic mass is 16.5. The molecule has 0 spiro atoms. The summed E-state index contributed by atoms with van der Waals surface area (Å²) in [6.07, 6.45) is 0.0610.